The van der Waals surface area contributed by atoms with Gasteiger partial charge in [-0.05, 0) is 41.0 Å². The third kappa shape index (κ3) is 3.57. The summed E-state index contributed by atoms with van der Waals surface area (Å²) in [6.45, 7) is 0. The monoisotopic (exact) mass is 372 g/mol. The third-order valence-corrected chi connectivity index (χ3v) is 4.89. The van der Waals surface area contributed by atoms with Crippen LogP contribution >= 0.6 is 12.2 Å². The van der Waals surface area contributed by atoms with Gasteiger partial charge in [0.2, 0.25) is 0 Å². The van der Waals surface area contributed by atoms with E-state index in [4.69, 9.17) is 17.0 Å². The van der Waals surface area contributed by atoms with Crippen molar-refractivity contribution in [2.75, 3.05) is 7.11 Å². The summed E-state index contributed by atoms with van der Waals surface area (Å²) in [5.74, 6) is 0.837. The second-order valence-electron chi connectivity index (χ2n) is 6.33. The molecule has 1 aliphatic rings. The third-order valence-electron chi connectivity index (χ3n) is 4.67. The molecule has 2 N–H and O–H groups in total. The first-order valence-electron chi connectivity index (χ1n) is 8.83. The van der Waals surface area contributed by atoms with Crippen LogP contribution in [0.15, 0.2) is 84.9 Å². The highest BCUT2D eigenvalue weighted by Crippen LogP contribution is 2.38. The van der Waals surface area contributed by atoms with Crippen LogP contribution in [-0.2, 0) is 0 Å². The Kier molecular flexibility index (Phi) is 4.90. The molecule has 3 aromatic rings. The summed E-state index contributed by atoms with van der Waals surface area (Å²) in [7, 11) is 1.68. The summed E-state index contributed by atoms with van der Waals surface area (Å²) in [6.07, 6.45) is 0. The zero-order valence-corrected chi connectivity index (χ0v) is 15.8. The van der Waals surface area contributed by atoms with Gasteiger partial charge in [0.15, 0.2) is 5.11 Å². The van der Waals surface area contributed by atoms with Crippen LogP contribution in [-0.4, -0.2) is 12.2 Å². The largest absolute Gasteiger partial charge is 0.497 e. The van der Waals surface area contributed by atoms with Gasteiger partial charge in [-0.2, -0.15) is 0 Å². The maximum Gasteiger partial charge on any atom is 0.171 e. The predicted octanol–water partition coefficient (Wildman–Crippen LogP) is 4.78. The lowest BCUT2D eigenvalue weighted by molar-refractivity contribution is 0.414. The Balaban J connectivity index is 1.91. The van der Waals surface area contributed by atoms with E-state index in [0.29, 0.717) is 5.11 Å². The lowest BCUT2D eigenvalue weighted by Crippen LogP contribution is -2.42. The first-order chi connectivity index (χ1) is 13.3. The zero-order valence-electron chi connectivity index (χ0n) is 15.0. The van der Waals surface area contributed by atoms with Gasteiger partial charge in [0.25, 0.3) is 0 Å². The molecule has 0 spiro atoms. The van der Waals surface area contributed by atoms with Crippen LogP contribution in [0.3, 0.4) is 0 Å². The van der Waals surface area contributed by atoms with Crippen molar-refractivity contribution < 1.29 is 4.74 Å². The summed E-state index contributed by atoms with van der Waals surface area (Å²) >= 11 is 5.53. The average Bonchev–Trinajstić information content (AvgIpc) is 2.74. The number of thiocarbonyl (C=S) groups is 1. The van der Waals surface area contributed by atoms with E-state index in [-0.39, 0.29) is 6.04 Å². The zero-order chi connectivity index (χ0) is 18.6. The molecule has 0 fully saturated rings. The molecule has 1 atom stereocenters. The summed E-state index contributed by atoms with van der Waals surface area (Å²) in [5.41, 5.74) is 5.59. The van der Waals surface area contributed by atoms with E-state index < -0.39 is 0 Å². The number of hydrogen-bond acceptors (Lipinski definition) is 2. The SMILES string of the molecule is COc1ccc(C2NC(=S)NC(c3ccccc3)=C2c2ccccc2)cc1. The molecule has 0 saturated heterocycles. The standard InChI is InChI=1S/C23H20N2OS/c1-26-19-14-12-18(13-15-19)22-20(16-8-4-2-5-9-16)21(24-23(27)25-22)17-10-6-3-7-11-17/h2-15,22H,1H3,(H2,24,25,27). The summed E-state index contributed by atoms with van der Waals surface area (Å²) in [4.78, 5) is 0. The van der Waals surface area contributed by atoms with E-state index in [1.165, 1.54) is 5.57 Å². The topological polar surface area (TPSA) is 33.3 Å². The van der Waals surface area contributed by atoms with Gasteiger partial charge in [0.05, 0.1) is 18.8 Å². The average molecular weight is 372 g/mol. The predicted molar refractivity (Wildman–Crippen MR) is 114 cm³/mol. The van der Waals surface area contributed by atoms with Crippen LogP contribution in [0.25, 0.3) is 11.3 Å². The summed E-state index contributed by atoms with van der Waals surface area (Å²) in [5, 5.41) is 7.44. The molecule has 0 saturated carbocycles. The molecule has 4 rings (SSSR count). The van der Waals surface area contributed by atoms with Crippen molar-refractivity contribution in [3.8, 4) is 5.75 Å². The van der Waals surface area contributed by atoms with Gasteiger partial charge in [-0.15, -0.1) is 0 Å². The molecule has 0 aromatic heterocycles. The number of hydrogen-bond donors (Lipinski definition) is 2. The van der Waals surface area contributed by atoms with Crippen molar-refractivity contribution >= 4 is 28.6 Å². The van der Waals surface area contributed by atoms with Crippen LogP contribution in [0, 0.1) is 0 Å². The van der Waals surface area contributed by atoms with Crippen molar-refractivity contribution in [1.82, 2.24) is 10.6 Å². The fourth-order valence-electron chi connectivity index (χ4n) is 3.37. The minimum Gasteiger partial charge on any atom is -0.497 e. The van der Waals surface area contributed by atoms with Gasteiger partial charge >= 0.3 is 0 Å². The summed E-state index contributed by atoms with van der Waals surface area (Å²) < 4.78 is 5.31. The molecule has 0 bridgehead atoms. The smallest absolute Gasteiger partial charge is 0.171 e. The lowest BCUT2D eigenvalue weighted by atomic mass is 9.88. The van der Waals surface area contributed by atoms with Crippen molar-refractivity contribution in [1.29, 1.82) is 0 Å². The quantitative estimate of drug-likeness (QED) is 0.646. The highest BCUT2D eigenvalue weighted by atomic mass is 32.1. The summed E-state index contributed by atoms with van der Waals surface area (Å²) in [6, 6.07) is 28.8. The number of rotatable bonds is 4. The fraction of sp³-hybridized carbons (Fsp3) is 0.0870. The minimum atomic E-state index is -0.0535. The van der Waals surface area contributed by atoms with Crippen LogP contribution < -0.4 is 15.4 Å². The molecule has 27 heavy (non-hydrogen) atoms. The van der Waals surface area contributed by atoms with Crippen molar-refractivity contribution in [3.63, 3.8) is 0 Å². The molecule has 4 heteroatoms. The van der Waals surface area contributed by atoms with Crippen LogP contribution in [0.5, 0.6) is 5.75 Å². The Hall–Kier alpha value is -3.11. The minimum absolute atomic E-state index is 0.0535. The van der Waals surface area contributed by atoms with E-state index in [2.05, 4.69) is 59.2 Å². The number of ether oxygens (including phenoxy) is 1. The Bertz CT molecular complexity index is 966. The first kappa shape index (κ1) is 17.3. The molecule has 0 radical (unpaired) electrons. The molecule has 134 valence electrons. The van der Waals surface area contributed by atoms with E-state index in [0.717, 1.165) is 28.1 Å². The van der Waals surface area contributed by atoms with Crippen molar-refractivity contribution in [2.45, 2.75) is 6.04 Å². The van der Waals surface area contributed by atoms with Crippen LogP contribution in [0.2, 0.25) is 0 Å². The molecular formula is C23H20N2OS. The van der Waals surface area contributed by atoms with Crippen molar-refractivity contribution in [2.24, 2.45) is 0 Å². The van der Waals surface area contributed by atoms with Crippen LogP contribution in [0.1, 0.15) is 22.7 Å². The number of methoxy groups -OCH3 is 1. The Morgan fingerprint density at radius 1 is 0.778 bits per heavy atom. The molecule has 1 aliphatic heterocycles. The highest BCUT2D eigenvalue weighted by molar-refractivity contribution is 7.80. The Labute approximate surface area is 164 Å². The Morgan fingerprint density at radius 3 is 1.96 bits per heavy atom. The molecule has 3 aromatic carbocycles. The van der Waals surface area contributed by atoms with Gasteiger partial charge in [0.1, 0.15) is 5.75 Å². The lowest BCUT2D eigenvalue weighted by Gasteiger charge is -2.33. The molecule has 1 unspecified atom stereocenters. The molecular weight excluding hydrogens is 352 g/mol. The van der Waals surface area contributed by atoms with Gasteiger partial charge in [-0.1, -0.05) is 72.8 Å². The molecule has 1 heterocycles. The molecule has 0 amide bonds. The first-order valence-corrected chi connectivity index (χ1v) is 9.23. The number of nitrogens with one attached hydrogen (secondary N) is 2. The van der Waals surface area contributed by atoms with E-state index in [9.17, 15) is 0 Å². The second kappa shape index (κ2) is 7.64. The highest BCUT2D eigenvalue weighted by Gasteiger charge is 2.28. The van der Waals surface area contributed by atoms with E-state index in [1.54, 1.807) is 7.11 Å². The van der Waals surface area contributed by atoms with E-state index in [1.807, 2.05) is 36.4 Å². The van der Waals surface area contributed by atoms with Gasteiger partial charge in [0, 0.05) is 5.57 Å². The second-order valence-corrected chi connectivity index (χ2v) is 6.73. The Morgan fingerprint density at radius 2 is 1.37 bits per heavy atom. The maximum absolute atomic E-state index is 5.53. The maximum atomic E-state index is 5.53. The number of benzene rings is 3. The normalized spacial score (nSPS) is 16.5. The molecule has 0 aliphatic carbocycles. The van der Waals surface area contributed by atoms with Gasteiger partial charge in [-0.25, -0.2) is 0 Å². The van der Waals surface area contributed by atoms with Gasteiger partial charge in [-0.3, -0.25) is 0 Å². The van der Waals surface area contributed by atoms with Crippen LogP contribution in [0.4, 0.5) is 0 Å². The molecule has 3 nitrogen and oxygen atoms in total. The van der Waals surface area contributed by atoms with E-state index >= 15 is 0 Å². The fourth-order valence-corrected chi connectivity index (χ4v) is 3.59. The van der Waals surface area contributed by atoms with Crippen molar-refractivity contribution in [3.05, 3.63) is 102 Å². The van der Waals surface area contributed by atoms with Gasteiger partial charge < -0.3 is 15.4 Å².